The zero-order valence-corrected chi connectivity index (χ0v) is 13.7. The Kier molecular flexibility index (Phi) is 6.66. The largest absolute Gasteiger partial charge is 0.376 e. The molecule has 2 atom stereocenters. The quantitative estimate of drug-likeness (QED) is 0.719. The molecule has 1 aliphatic carbocycles. The van der Waals surface area contributed by atoms with Gasteiger partial charge in [-0.25, -0.2) is 0 Å². The summed E-state index contributed by atoms with van der Waals surface area (Å²) >= 11 is 0. The first-order valence-corrected chi connectivity index (χ1v) is 8.31. The van der Waals surface area contributed by atoms with Crippen LogP contribution in [0.15, 0.2) is 42.5 Å². The second-order valence-electron chi connectivity index (χ2n) is 5.82. The van der Waals surface area contributed by atoms with Gasteiger partial charge in [-0.2, -0.15) is 0 Å². The molecule has 0 aliphatic heterocycles. The summed E-state index contributed by atoms with van der Waals surface area (Å²) in [5.41, 5.74) is 1.18. The summed E-state index contributed by atoms with van der Waals surface area (Å²) in [6.45, 7) is 6.92. The molecule has 120 valence electrons. The Balaban J connectivity index is 1.90. The van der Waals surface area contributed by atoms with Crippen LogP contribution in [0.3, 0.4) is 0 Å². The van der Waals surface area contributed by atoms with Crippen LogP contribution in [-0.2, 0) is 16.1 Å². The molecule has 0 aromatic heterocycles. The zero-order chi connectivity index (χ0) is 15.8. The molecular formula is C19H27NO2. The number of carbonyl (C=O) groups excluding carboxylic acids is 1. The van der Waals surface area contributed by atoms with Gasteiger partial charge in [0.05, 0.1) is 13.2 Å². The molecule has 1 aromatic carbocycles. The van der Waals surface area contributed by atoms with Gasteiger partial charge in [-0.05, 0) is 38.2 Å². The van der Waals surface area contributed by atoms with Crippen LogP contribution in [0.4, 0.5) is 0 Å². The van der Waals surface area contributed by atoms with Crippen molar-refractivity contribution in [3.05, 3.63) is 48.0 Å². The van der Waals surface area contributed by atoms with E-state index in [0.29, 0.717) is 19.1 Å². The molecule has 2 rings (SSSR count). The first-order valence-electron chi connectivity index (χ1n) is 8.31. The fraction of sp³-hybridized carbons (Fsp3) is 0.526. The average molecular weight is 301 g/mol. The van der Waals surface area contributed by atoms with E-state index in [1.165, 1.54) is 5.56 Å². The van der Waals surface area contributed by atoms with Gasteiger partial charge in [0.25, 0.3) is 0 Å². The molecule has 0 spiro atoms. The SMILES string of the molecule is CCN(CC)C(=O)[C@@H]1CC=CC[C@@H]1COCc1ccccc1. The van der Waals surface area contributed by atoms with E-state index < -0.39 is 0 Å². The molecule has 3 nitrogen and oxygen atoms in total. The van der Waals surface area contributed by atoms with Crippen LogP contribution in [0.1, 0.15) is 32.3 Å². The fourth-order valence-electron chi connectivity index (χ4n) is 3.03. The van der Waals surface area contributed by atoms with Crippen LogP contribution in [0.2, 0.25) is 0 Å². The van der Waals surface area contributed by atoms with Crippen LogP contribution in [0.5, 0.6) is 0 Å². The van der Waals surface area contributed by atoms with E-state index in [0.717, 1.165) is 25.9 Å². The van der Waals surface area contributed by atoms with Crippen LogP contribution in [0.25, 0.3) is 0 Å². The number of rotatable bonds is 7. The minimum Gasteiger partial charge on any atom is -0.376 e. The minimum absolute atomic E-state index is 0.0701. The van der Waals surface area contributed by atoms with E-state index in [9.17, 15) is 4.79 Å². The minimum atomic E-state index is 0.0701. The number of allylic oxidation sites excluding steroid dienone is 2. The lowest BCUT2D eigenvalue weighted by Gasteiger charge is -2.31. The van der Waals surface area contributed by atoms with Crippen LogP contribution < -0.4 is 0 Å². The predicted octanol–water partition coefficient (Wildman–Crippen LogP) is 3.65. The molecule has 0 bridgehead atoms. The van der Waals surface area contributed by atoms with Gasteiger partial charge in [-0.15, -0.1) is 0 Å². The van der Waals surface area contributed by atoms with E-state index in [1.807, 2.05) is 36.9 Å². The number of amides is 1. The highest BCUT2D eigenvalue weighted by Crippen LogP contribution is 2.28. The maximum Gasteiger partial charge on any atom is 0.226 e. The summed E-state index contributed by atoms with van der Waals surface area (Å²) in [5, 5.41) is 0. The van der Waals surface area contributed by atoms with Gasteiger partial charge in [0.2, 0.25) is 5.91 Å². The van der Waals surface area contributed by atoms with E-state index in [-0.39, 0.29) is 11.8 Å². The fourth-order valence-corrected chi connectivity index (χ4v) is 3.03. The number of benzene rings is 1. The third-order valence-corrected chi connectivity index (χ3v) is 4.40. The summed E-state index contributed by atoms with van der Waals surface area (Å²) in [5.74, 6) is 0.644. The van der Waals surface area contributed by atoms with Gasteiger partial charge in [0.15, 0.2) is 0 Å². The molecule has 0 N–H and O–H groups in total. The Morgan fingerprint density at radius 2 is 1.82 bits per heavy atom. The standard InChI is InChI=1S/C19H27NO2/c1-3-20(4-2)19(21)18-13-9-8-12-17(18)15-22-14-16-10-6-5-7-11-16/h5-11,17-18H,3-4,12-15H2,1-2H3/t17-,18-/m1/s1. The third-order valence-electron chi connectivity index (χ3n) is 4.40. The summed E-state index contributed by atoms with van der Waals surface area (Å²) in [4.78, 5) is 14.6. The zero-order valence-electron chi connectivity index (χ0n) is 13.7. The molecule has 0 radical (unpaired) electrons. The summed E-state index contributed by atoms with van der Waals surface area (Å²) < 4.78 is 5.88. The average Bonchev–Trinajstić information content (AvgIpc) is 2.57. The molecular weight excluding hydrogens is 274 g/mol. The van der Waals surface area contributed by atoms with E-state index >= 15 is 0 Å². The maximum atomic E-state index is 12.6. The van der Waals surface area contributed by atoms with E-state index in [4.69, 9.17) is 4.74 Å². The van der Waals surface area contributed by atoms with Crippen LogP contribution in [0, 0.1) is 11.8 Å². The lowest BCUT2D eigenvalue weighted by molar-refractivity contribution is -0.138. The molecule has 0 fully saturated rings. The second-order valence-corrected chi connectivity index (χ2v) is 5.82. The lowest BCUT2D eigenvalue weighted by atomic mass is 9.82. The molecule has 1 aliphatic rings. The summed E-state index contributed by atoms with van der Waals surface area (Å²) in [6.07, 6.45) is 6.10. The van der Waals surface area contributed by atoms with Crippen LogP contribution >= 0.6 is 0 Å². The van der Waals surface area contributed by atoms with Crippen molar-refractivity contribution in [2.24, 2.45) is 11.8 Å². The topological polar surface area (TPSA) is 29.5 Å². The highest BCUT2D eigenvalue weighted by molar-refractivity contribution is 5.79. The van der Waals surface area contributed by atoms with Crippen molar-refractivity contribution in [2.75, 3.05) is 19.7 Å². The third kappa shape index (κ3) is 4.44. The predicted molar refractivity (Wildman–Crippen MR) is 89.4 cm³/mol. The highest BCUT2D eigenvalue weighted by atomic mass is 16.5. The van der Waals surface area contributed by atoms with Gasteiger partial charge >= 0.3 is 0 Å². The molecule has 22 heavy (non-hydrogen) atoms. The Bertz CT molecular complexity index is 479. The van der Waals surface area contributed by atoms with Crippen molar-refractivity contribution in [1.82, 2.24) is 4.90 Å². The second kappa shape index (κ2) is 8.74. The van der Waals surface area contributed by atoms with Crippen molar-refractivity contribution in [3.63, 3.8) is 0 Å². The summed E-state index contributed by atoms with van der Waals surface area (Å²) in [7, 11) is 0. The van der Waals surface area contributed by atoms with Gasteiger partial charge in [-0.1, -0.05) is 42.5 Å². The van der Waals surface area contributed by atoms with Gasteiger partial charge in [0.1, 0.15) is 0 Å². The maximum absolute atomic E-state index is 12.6. The Morgan fingerprint density at radius 3 is 2.50 bits per heavy atom. The molecule has 0 saturated carbocycles. The van der Waals surface area contributed by atoms with Gasteiger partial charge in [-0.3, -0.25) is 4.79 Å². The van der Waals surface area contributed by atoms with Crippen molar-refractivity contribution in [3.8, 4) is 0 Å². The van der Waals surface area contributed by atoms with E-state index in [2.05, 4.69) is 24.3 Å². The van der Waals surface area contributed by atoms with Crippen molar-refractivity contribution < 1.29 is 9.53 Å². The summed E-state index contributed by atoms with van der Waals surface area (Å²) in [6, 6.07) is 10.2. The highest BCUT2D eigenvalue weighted by Gasteiger charge is 2.31. The molecule has 3 heteroatoms. The first-order chi connectivity index (χ1) is 10.8. The van der Waals surface area contributed by atoms with Crippen molar-refractivity contribution in [2.45, 2.75) is 33.3 Å². The molecule has 0 unspecified atom stereocenters. The lowest BCUT2D eigenvalue weighted by Crippen LogP contribution is -2.40. The van der Waals surface area contributed by atoms with E-state index in [1.54, 1.807) is 0 Å². The van der Waals surface area contributed by atoms with Gasteiger partial charge < -0.3 is 9.64 Å². The molecule has 1 amide bonds. The Hall–Kier alpha value is -1.61. The van der Waals surface area contributed by atoms with Gasteiger partial charge in [0, 0.05) is 19.0 Å². The molecule has 0 heterocycles. The van der Waals surface area contributed by atoms with Crippen molar-refractivity contribution in [1.29, 1.82) is 0 Å². The number of hydrogen-bond donors (Lipinski definition) is 0. The van der Waals surface area contributed by atoms with Crippen LogP contribution in [-0.4, -0.2) is 30.5 Å². The number of hydrogen-bond acceptors (Lipinski definition) is 2. The Morgan fingerprint density at radius 1 is 1.14 bits per heavy atom. The molecule has 0 saturated heterocycles. The number of ether oxygens (including phenoxy) is 1. The smallest absolute Gasteiger partial charge is 0.226 e. The first kappa shape index (κ1) is 16.8. The number of carbonyl (C=O) groups is 1. The monoisotopic (exact) mass is 301 g/mol. The Labute approximate surface area is 134 Å². The van der Waals surface area contributed by atoms with Crippen molar-refractivity contribution >= 4 is 5.91 Å². The number of nitrogens with zero attached hydrogens (tertiary/aromatic N) is 1. The normalized spacial score (nSPS) is 20.8. The molecule has 1 aromatic rings.